The molecule has 1 saturated heterocycles. The lowest BCUT2D eigenvalue weighted by molar-refractivity contribution is -0.139. The van der Waals surface area contributed by atoms with E-state index in [1.807, 2.05) is 6.92 Å². The molecule has 0 aliphatic carbocycles. The predicted octanol–water partition coefficient (Wildman–Crippen LogP) is -0.280. The maximum Gasteiger partial charge on any atom is 0.305 e. The van der Waals surface area contributed by atoms with E-state index in [1.54, 1.807) is 0 Å². The molecule has 1 aliphatic heterocycles. The molecule has 0 aromatic heterocycles. The molecule has 98 valence electrons. The first-order chi connectivity index (χ1) is 8.00. The van der Waals surface area contributed by atoms with Crippen molar-refractivity contribution in [1.29, 1.82) is 0 Å². The third kappa shape index (κ3) is 4.70. The van der Waals surface area contributed by atoms with Crippen LogP contribution in [-0.2, 0) is 14.3 Å². The normalized spacial score (nSPS) is 20.6. The van der Waals surface area contributed by atoms with Crippen LogP contribution >= 0.6 is 0 Å². The summed E-state index contributed by atoms with van der Waals surface area (Å²) in [5.74, 6) is -1.08. The molecule has 0 spiro atoms. The summed E-state index contributed by atoms with van der Waals surface area (Å²) >= 11 is 0. The number of carboxylic acids is 1. The van der Waals surface area contributed by atoms with Crippen molar-refractivity contribution in [2.45, 2.75) is 38.3 Å². The number of aliphatic carboxylic acids is 1. The van der Waals surface area contributed by atoms with Crippen LogP contribution in [0.2, 0.25) is 0 Å². The van der Waals surface area contributed by atoms with Crippen molar-refractivity contribution >= 4 is 11.9 Å². The van der Waals surface area contributed by atoms with Crippen molar-refractivity contribution in [2.75, 3.05) is 13.2 Å². The molecule has 0 bridgehead atoms. The van der Waals surface area contributed by atoms with Crippen LogP contribution in [0.25, 0.3) is 0 Å². The van der Waals surface area contributed by atoms with Crippen LogP contribution in [0.1, 0.15) is 26.2 Å². The molecule has 0 saturated carbocycles. The zero-order valence-electron chi connectivity index (χ0n) is 10.0. The third-order valence-electron chi connectivity index (χ3n) is 3.07. The lowest BCUT2D eigenvalue weighted by Crippen LogP contribution is -2.48. The number of hydrogen-bond donors (Lipinski definition) is 3. The number of rotatable bonds is 5. The second kappa shape index (κ2) is 6.56. The third-order valence-corrected chi connectivity index (χ3v) is 3.07. The van der Waals surface area contributed by atoms with Crippen LogP contribution in [0.3, 0.4) is 0 Å². The average molecular weight is 244 g/mol. The highest BCUT2D eigenvalue weighted by atomic mass is 16.5. The molecule has 0 aromatic carbocycles. The van der Waals surface area contributed by atoms with Gasteiger partial charge < -0.3 is 20.9 Å². The van der Waals surface area contributed by atoms with E-state index in [9.17, 15) is 9.59 Å². The fourth-order valence-corrected chi connectivity index (χ4v) is 1.95. The second-order valence-corrected chi connectivity index (χ2v) is 4.45. The van der Waals surface area contributed by atoms with Gasteiger partial charge in [-0.25, -0.2) is 0 Å². The molecule has 2 atom stereocenters. The van der Waals surface area contributed by atoms with E-state index in [0.717, 1.165) is 12.8 Å². The molecule has 0 aromatic rings. The molecule has 1 fully saturated rings. The van der Waals surface area contributed by atoms with E-state index in [0.29, 0.717) is 19.1 Å². The Morgan fingerprint density at radius 3 is 2.59 bits per heavy atom. The van der Waals surface area contributed by atoms with Gasteiger partial charge in [0.2, 0.25) is 5.91 Å². The Balaban J connectivity index is 2.36. The Morgan fingerprint density at radius 1 is 1.47 bits per heavy atom. The molecule has 6 heteroatoms. The van der Waals surface area contributed by atoms with Gasteiger partial charge in [-0.2, -0.15) is 0 Å². The quantitative estimate of drug-likeness (QED) is 0.617. The van der Waals surface area contributed by atoms with Gasteiger partial charge in [0.05, 0.1) is 12.5 Å². The summed E-state index contributed by atoms with van der Waals surface area (Å²) in [7, 11) is 0. The van der Waals surface area contributed by atoms with Gasteiger partial charge in [-0.05, 0) is 25.7 Å². The van der Waals surface area contributed by atoms with Crippen LogP contribution in [0.5, 0.6) is 0 Å². The lowest BCUT2D eigenvalue weighted by Gasteiger charge is -2.29. The minimum Gasteiger partial charge on any atom is -0.481 e. The SMILES string of the molecule is CC(NC(=O)C(N)CC(=O)O)C1CCOCC1. The first-order valence-electron chi connectivity index (χ1n) is 5.86. The highest BCUT2D eigenvalue weighted by Crippen LogP contribution is 2.18. The second-order valence-electron chi connectivity index (χ2n) is 4.45. The molecule has 6 nitrogen and oxygen atoms in total. The molecule has 1 amide bonds. The summed E-state index contributed by atoms with van der Waals surface area (Å²) in [6.45, 7) is 3.35. The molecule has 1 aliphatic rings. The van der Waals surface area contributed by atoms with Gasteiger partial charge in [0.25, 0.3) is 0 Å². The van der Waals surface area contributed by atoms with Gasteiger partial charge >= 0.3 is 5.97 Å². The predicted molar refractivity (Wildman–Crippen MR) is 61.4 cm³/mol. The minimum absolute atomic E-state index is 0.00578. The lowest BCUT2D eigenvalue weighted by atomic mass is 9.92. The molecule has 2 unspecified atom stereocenters. The zero-order chi connectivity index (χ0) is 12.8. The Kier molecular flexibility index (Phi) is 5.37. The van der Waals surface area contributed by atoms with Crippen LogP contribution < -0.4 is 11.1 Å². The number of ether oxygens (including phenoxy) is 1. The van der Waals surface area contributed by atoms with E-state index in [1.165, 1.54) is 0 Å². The largest absolute Gasteiger partial charge is 0.481 e. The fraction of sp³-hybridized carbons (Fsp3) is 0.818. The number of nitrogens with two attached hydrogens (primary N) is 1. The monoisotopic (exact) mass is 244 g/mol. The molecule has 1 heterocycles. The van der Waals surface area contributed by atoms with Crippen molar-refractivity contribution in [3.05, 3.63) is 0 Å². The summed E-state index contributed by atoms with van der Waals surface area (Å²) in [5, 5.41) is 11.3. The van der Waals surface area contributed by atoms with Crippen LogP contribution in [-0.4, -0.2) is 42.3 Å². The van der Waals surface area contributed by atoms with Crippen LogP contribution in [0.15, 0.2) is 0 Å². The zero-order valence-corrected chi connectivity index (χ0v) is 10.0. The number of hydrogen-bond acceptors (Lipinski definition) is 4. The van der Waals surface area contributed by atoms with E-state index in [-0.39, 0.29) is 12.5 Å². The van der Waals surface area contributed by atoms with Gasteiger partial charge in [-0.15, -0.1) is 0 Å². The first kappa shape index (κ1) is 13.9. The Bertz CT molecular complexity index is 277. The summed E-state index contributed by atoms with van der Waals surface area (Å²) < 4.78 is 5.24. The van der Waals surface area contributed by atoms with Gasteiger partial charge in [0.1, 0.15) is 0 Å². The van der Waals surface area contributed by atoms with Crippen LogP contribution in [0, 0.1) is 5.92 Å². The molecule has 1 rings (SSSR count). The van der Waals surface area contributed by atoms with E-state index in [2.05, 4.69) is 5.32 Å². The maximum absolute atomic E-state index is 11.6. The summed E-state index contributed by atoms with van der Waals surface area (Å²) in [4.78, 5) is 22.0. The standard InChI is InChI=1S/C11H20N2O4/c1-7(8-2-4-17-5-3-8)13-11(16)9(12)6-10(14)15/h7-9H,2-6,12H2,1H3,(H,13,16)(H,14,15). The molecular formula is C11H20N2O4. The summed E-state index contributed by atoms with van der Waals surface area (Å²) in [6, 6.07) is -0.971. The van der Waals surface area contributed by atoms with Crippen LogP contribution in [0.4, 0.5) is 0 Å². The highest BCUT2D eigenvalue weighted by molar-refractivity contribution is 5.86. The smallest absolute Gasteiger partial charge is 0.305 e. The number of nitrogens with one attached hydrogen (secondary N) is 1. The van der Waals surface area contributed by atoms with Gasteiger partial charge in [-0.1, -0.05) is 0 Å². The number of carboxylic acid groups (broad SMARTS) is 1. The van der Waals surface area contributed by atoms with Gasteiger partial charge in [0, 0.05) is 19.3 Å². The fourth-order valence-electron chi connectivity index (χ4n) is 1.95. The van der Waals surface area contributed by atoms with Gasteiger partial charge in [-0.3, -0.25) is 9.59 Å². The Morgan fingerprint density at radius 2 is 2.06 bits per heavy atom. The van der Waals surface area contributed by atoms with Gasteiger partial charge in [0.15, 0.2) is 0 Å². The Hall–Kier alpha value is -1.14. The molecule has 4 N–H and O–H groups in total. The van der Waals surface area contributed by atoms with Crippen molar-refractivity contribution < 1.29 is 19.4 Å². The Labute approximate surface area is 101 Å². The maximum atomic E-state index is 11.6. The average Bonchev–Trinajstić information content (AvgIpc) is 2.29. The summed E-state index contributed by atoms with van der Waals surface area (Å²) in [5.41, 5.74) is 5.48. The van der Waals surface area contributed by atoms with Crippen molar-refractivity contribution in [1.82, 2.24) is 5.32 Å². The minimum atomic E-state index is -1.06. The molecular weight excluding hydrogens is 224 g/mol. The first-order valence-corrected chi connectivity index (χ1v) is 5.86. The van der Waals surface area contributed by atoms with Crippen molar-refractivity contribution in [2.24, 2.45) is 11.7 Å². The summed E-state index contributed by atoms with van der Waals surface area (Å²) in [6.07, 6.45) is 1.48. The number of carbonyl (C=O) groups is 2. The number of amides is 1. The molecule has 0 radical (unpaired) electrons. The van der Waals surface area contributed by atoms with E-state index in [4.69, 9.17) is 15.6 Å². The van der Waals surface area contributed by atoms with Crippen molar-refractivity contribution in [3.63, 3.8) is 0 Å². The highest BCUT2D eigenvalue weighted by Gasteiger charge is 2.24. The van der Waals surface area contributed by atoms with Crippen molar-refractivity contribution in [3.8, 4) is 0 Å². The molecule has 17 heavy (non-hydrogen) atoms. The number of carbonyl (C=O) groups excluding carboxylic acids is 1. The van der Waals surface area contributed by atoms with E-state index >= 15 is 0 Å². The van der Waals surface area contributed by atoms with E-state index < -0.39 is 17.9 Å². The topological polar surface area (TPSA) is 102 Å².